The van der Waals surface area contributed by atoms with Crippen molar-refractivity contribution >= 4 is 11.5 Å². The topological polar surface area (TPSA) is 106 Å². The number of hydrogen-bond donors (Lipinski definition) is 4. The summed E-state index contributed by atoms with van der Waals surface area (Å²) >= 11 is 0. The maximum atomic E-state index is 13.3. The summed E-state index contributed by atoms with van der Waals surface area (Å²) in [5.41, 5.74) is 19.9. The van der Waals surface area contributed by atoms with Gasteiger partial charge in [-0.1, -0.05) is 42.5 Å². The Morgan fingerprint density at radius 3 is 2.51 bits per heavy atom. The zero-order chi connectivity index (χ0) is 27.4. The Bertz CT molecular complexity index is 1230. The number of likely N-dealkylation sites (tertiary alicyclic amines) is 1. The molecule has 2 aliphatic heterocycles. The van der Waals surface area contributed by atoms with Crippen LogP contribution < -0.4 is 22.1 Å². The van der Waals surface area contributed by atoms with Crippen molar-refractivity contribution < 1.29 is 9.53 Å². The van der Waals surface area contributed by atoms with Crippen molar-refractivity contribution in [2.75, 3.05) is 19.6 Å². The molecule has 0 radical (unpaired) electrons. The molecule has 1 saturated heterocycles. The molecule has 5 rings (SSSR count). The molecule has 6 N–H and O–H groups in total. The van der Waals surface area contributed by atoms with Crippen LogP contribution in [0.25, 0.3) is 5.57 Å². The van der Waals surface area contributed by atoms with Crippen molar-refractivity contribution in [1.82, 2.24) is 15.5 Å². The molecule has 7 nitrogen and oxygen atoms in total. The molecule has 2 aromatic carbocycles. The van der Waals surface area contributed by atoms with Gasteiger partial charge in [-0.2, -0.15) is 0 Å². The van der Waals surface area contributed by atoms with Crippen molar-refractivity contribution in [1.29, 1.82) is 0 Å². The van der Waals surface area contributed by atoms with Crippen molar-refractivity contribution in [2.45, 2.75) is 77.3 Å². The van der Waals surface area contributed by atoms with Gasteiger partial charge >= 0.3 is 0 Å². The Morgan fingerprint density at radius 2 is 1.77 bits per heavy atom. The second-order valence-electron chi connectivity index (χ2n) is 11.4. The molecule has 2 heterocycles. The summed E-state index contributed by atoms with van der Waals surface area (Å²) in [7, 11) is 0. The number of nitrogens with one attached hydrogen (secondary N) is 2. The lowest BCUT2D eigenvalue weighted by molar-refractivity contribution is -0.119. The molecule has 0 spiro atoms. The first kappa shape index (κ1) is 27.4. The Morgan fingerprint density at radius 1 is 1.03 bits per heavy atom. The van der Waals surface area contributed by atoms with Gasteiger partial charge in [0, 0.05) is 19.1 Å². The van der Waals surface area contributed by atoms with Crippen LogP contribution >= 0.6 is 0 Å². The molecule has 1 amide bonds. The number of carbonyl (C=O) groups excluding carboxylic acids is 1. The van der Waals surface area contributed by atoms with Gasteiger partial charge in [-0.05, 0) is 98.5 Å². The first-order valence-corrected chi connectivity index (χ1v) is 14.4. The van der Waals surface area contributed by atoms with E-state index in [4.69, 9.17) is 16.2 Å². The highest BCUT2D eigenvalue weighted by molar-refractivity contribution is 5.99. The Labute approximate surface area is 232 Å². The summed E-state index contributed by atoms with van der Waals surface area (Å²) < 4.78 is 6.27. The van der Waals surface area contributed by atoms with E-state index < -0.39 is 0 Å². The van der Waals surface area contributed by atoms with E-state index in [0.717, 1.165) is 68.4 Å². The Balaban J connectivity index is 1.19. The van der Waals surface area contributed by atoms with E-state index in [1.165, 1.54) is 16.7 Å². The van der Waals surface area contributed by atoms with Crippen LogP contribution in [0.4, 0.5) is 0 Å². The highest BCUT2D eigenvalue weighted by Gasteiger charge is 2.31. The third kappa shape index (κ3) is 6.90. The molecule has 7 heteroatoms. The van der Waals surface area contributed by atoms with Gasteiger partial charge in [-0.15, -0.1) is 0 Å². The van der Waals surface area contributed by atoms with E-state index in [2.05, 4.69) is 71.8 Å². The van der Waals surface area contributed by atoms with E-state index in [1.807, 2.05) is 6.08 Å². The third-order valence-corrected chi connectivity index (χ3v) is 8.49. The molecule has 0 bridgehead atoms. The van der Waals surface area contributed by atoms with Crippen LogP contribution in [0.1, 0.15) is 59.9 Å². The number of dihydropyridines is 1. The summed E-state index contributed by atoms with van der Waals surface area (Å²) in [6.07, 6.45) is 6.95. The molecule has 1 aliphatic carbocycles. The van der Waals surface area contributed by atoms with Gasteiger partial charge in [-0.25, -0.2) is 0 Å². The lowest BCUT2D eigenvalue weighted by Crippen LogP contribution is -2.43. The van der Waals surface area contributed by atoms with Crippen LogP contribution in [0, 0.1) is 13.8 Å². The fraction of sp³-hybridized carbons (Fsp3) is 0.469. The van der Waals surface area contributed by atoms with E-state index >= 15 is 0 Å². The van der Waals surface area contributed by atoms with E-state index in [9.17, 15) is 4.79 Å². The number of piperidine rings is 1. The number of ether oxygens (including phenoxy) is 1. The SMILES string of the molecule is Cc1ccc(CO[C@H]2CCCC2NC(=O)C2=C(N)NCC(c3ccc(CN4CCC(N)CC4)cc3)=C2)cc1C. The van der Waals surface area contributed by atoms with Crippen LogP contribution in [0.15, 0.2) is 59.9 Å². The molecule has 208 valence electrons. The van der Waals surface area contributed by atoms with Gasteiger partial charge in [0.05, 0.1) is 24.3 Å². The first-order chi connectivity index (χ1) is 18.9. The second kappa shape index (κ2) is 12.4. The van der Waals surface area contributed by atoms with Crippen molar-refractivity contribution in [3.05, 3.63) is 87.8 Å². The largest absolute Gasteiger partial charge is 0.385 e. The molecule has 0 aromatic heterocycles. The molecule has 2 aromatic rings. The van der Waals surface area contributed by atoms with Crippen molar-refractivity contribution in [3.63, 3.8) is 0 Å². The van der Waals surface area contributed by atoms with Gasteiger partial charge in [0.15, 0.2) is 0 Å². The summed E-state index contributed by atoms with van der Waals surface area (Å²) in [6, 6.07) is 15.4. The van der Waals surface area contributed by atoms with Crippen LogP contribution in [-0.2, 0) is 22.7 Å². The van der Waals surface area contributed by atoms with E-state index in [0.29, 0.717) is 30.6 Å². The minimum absolute atomic E-state index is 0.000527. The number of rotatable bonds is 8. The van der Waals surface area contributed by atoms with Gasteiger partial charge in [0.2, 0.25) is 0 Å². The quantitative estimate of drug-likeness (QED) is 0.416. The van der Waals surface area contributed by atoms with Gasteiger partial charge in [0.1, 0.15) is 5.82 Å². The molecule has 3 aliphatic rings. The maximum Gasteiger partial charge on any atom is 0.255 e. The Kier molecular flexibility index (Phi) is 8.70. The van der Waals surface area contributed by atoms with Gasteiger partial charge < -0.3 is 26.8 Å². The van der Waals surface area contributed by atoms with Crippen LogP contribution in [0.3, 0.4) is 0 Å². The van der Waals surface area contributed by atoms with Crippen LogP contribution in [-0.4, -0.2) is 48.6 Å². The number of benzene rings is 2. The summed E-state index contributed by atoms with van der Waals surface area (Å²) in [5, 5.41) is 6.43. The summed E-state index contributed by atoms with van der Waals surface area (Å²) in [6.45, 7) is 8.44. The molecule has 1 saturated carbocycles. The van der Waals surface area contributed by atoms with Crippen LogP contribution in [0.2, 0.25) is 0 Å². The average molecular weight is 530 g/mol. The van der Waals surface area contributed by atoms with E-state index in [-0.39, 0.29) is 18.1 Å². The standard InChI is InChI=1S/C32H43N5O2/c1-21-6-7-24(16-22(21)2)20-39-30-5-3-4-29(30)36-32(38)28-17-26(18-35-31(28)34)25-10-8-23(9-11-25)19-37-14-12-27(33)13-15-37/h6-11,16-17,27,29-30,35H,3-5,12-15,18-20,33-34H2,1-2H3,(H,36,38)/t29?,30-/m0/s1. The highest BCUT2D eigenvalue weighted by atomic mass is 16.5. The fourth-order valence-corrected chi connectivity index (χ4v) is 5.79. The van der Waals surface area contributed by atoms with Crippen molar-refractivity contribution in [2.24, 2.45) is 11.5 Å². The fourth-order valence-electron chi connectivity index (χ4n) is 5.79. The van der Waals surface area contributed by atoms with Crippen molar-refractivity contribution in [3.8, 4) is 0 Å². The molecular weight excluding hydrogens is 486 g/mol. The number of carbonyl (C=O) groups is 1. The summed E-state index contributed by atoms with van der Waals surface area (Å²) in [4.78, 5) is 15.8. The van der Waals surface area contributed by atoms with Gasteiger partial charge in [0.25, 0.3) is 5.91 Å². The first-order valence-electron chi connectivity index (χ1n) is 14.4. The normalized spacial score (nSPS) is 22.5. The van der Waals surface area contributed by atoms with Gasteiger partial charge in [-0.3, -0.25) is 9.69 Å². The number of nitrogens with zero attached hydrogens (tertiary/aromatic N) is 1. The highest BCUT2D eigenvalue weighted by Crippen LogP contribution is 2.26. The number of hydrogen-bond acceptors (Lipinski definition) is 6. The third-order valence-electron chi connectivity index (χ3n) is 8.49. The minimum Gasteiger partial charge on any atom is -0.385 e. The predicted octanol–water partition coefficient (Wildman–Crippen LogP) is 3.64. The smallest absolute Gasteiger partial charge is 0.255 e. The molecule has 2 atom stereocenters. The molecular formula is C32H43N5O2. The summed E-state index contributed by atoms with van der Waals surface area (Å²) in [5.74, 6) is 0.269. The maximum absolute atomic E-state index is 13.3. The lowest BCUT2D eigenvalue weighted by Gasteiger charge is -2.30. The Hall–Kier alpha value is -3.13. The number of amides is 1. The molecule has 39 heavy (non-hydrogen) atoms. The average Bonchev–Trinajstić information content (AvgIpc) is 3.38. The predicted molar refractivity (Wildman–Crippen MR) is 156 cm³/mol. The monoisotopic (exact) mass is 529 g/mol. The van der Waals surface area contributed by atoms with E-state index in [1.54, 1.807) is 0 Å². The zero-order valence-corrected chi connectivity index (χ0v) is 23.3. The number of aryl methyl sites for hydroxylation is 2. The zero-order valence-electron chi connectivity index (χ0n) is 23.3. The minimum atomic E-state index is -0.149. The molecule has 1 unspecified atom stereocenters. The lowest BCUT2D eigenvalue weighted by atomic mass is 9.98. The number of nitrogens with two attached hydrogens (primary N) is 2. The molecule has 2 fully saturated rings. The van der Waals surface area contributed by atoms with Crippen LogP contribution in [0.5, 0.6) is 0 Å². The second-order valence-corrected chi connectivity index (χ2v) is 11.4.